The number of hydrogen-bond acceptors (Lipinski definition) is 3. The van der Waals surface area contributed by atoms with Crippen LogP contribution >= 0.6 is 12.4 Å². The molecule has 0 aliphatic carbocycles. The maximum Gasteiger partial charge on any atom is 0.222 e. The number of rotatable bonds is 4. The number of halogens is 1. The third kappa shape index (κ3) is 4.22. The number of nitrogens with zero attached hydrogens (tertiary/aromatic N) is 3. The Kier molecular flexibility index (Phi) is 5.76. The summed E-state index contributed by atoms with van der Waals surface area (Å²) in [6.45, 7) is 1.77. The van der Waals surface area contributed by atoms with E-state index in [-0.39, 0.29) is 18.3 Å². The molecule has 0 spiro atoms. The molecule has 5 nitrogen and oxygen atoms in total. The monoisotopic (exact) mass is 360 g/mol. The molecule has 2 unspecified atom stereocenters. The summed E-state index contributed by atoms with van der Waals surface area (Å²) in [5, 5.41) is 8.03. The number of amides is 1. The van der Waals surface area contributed by atoms with Crippen LogP contribution in [0, 0.1) is 0 Å². The van der Waals surface area contributed by atoms with Crippen LogP contribution in [0.25, 0.3) is 5.69 Å². The number of aryl methyl sites for hydroxylation is 1. The summed E-state index contributed by atoms with van der Waals surface area (Å²) < 4.78 is 1.87. The number of likely N-dealkylation sites (tertiary alicyclic amines) is 1. The van der Waals surface area contributed by atoms with Gasteiger partial charge >= 0.3 is 0 Å². The van der Waals surface area contributed by atoms with Gasteiger partial charge in [0, 0.05) is 37.8 Å². The lowest BCUT2D eigenvalue weighted by Gasteiger charge is -2.24. The molecule has 1 N–H and O–H groups in total. The summed E-state index contributed by atoms with van der Waals surface area (Å²) in [6, 6.07) is 11.2. The topological polar surface area (TPSA) is 50.2 Å². The molecule has 1 aromatic heterocycles. The van der Waals surface area contributed by atoms with Crippen LogP contribution in [0.4, 0.5) is 0 Å². The van der Waals surface area contributed by atoms with Gasteiger partial charge < -0.3 is 10.2 Å². The minimum atomic E-state index is 0. The SMILES string of the molecule is Cl.O=C(CCc1cnn(-c2ccccc2)c1)N1CCC2CCC(C1)N2. The van der Waals surface area contributed by atoms with Crippen molar-refractivity contribution in [3.63, 3.8) is 0 Å². The van der Waals surface area contributed by atoms with E-state index in [4.69, 9.17) is 0 Å². The lowest BCUT2D eigenvalue weighted by atomic mass is 10.1. The Morgan fingerprint density at radius 2 is 1.96 bits per heavy atom. The second-order valence-electron chi connectivity index (χ2n) is 6.89. The zero-order valence-corrected chi connectivity index (χ0v) is 15.1. The van der Waals surface area contributed by atoms with Gasteiger partial charge in [0.25, 0.3) is 0 Å². The fourth-order valence-electron chi connectivity index (χ4n) is 3.79. The Morgan fingerprint density at radius 1 is 1.16 bits per heavy atom. The Morgan fingerprint density at radius 3 is 2.80 bits per heavy atom. The second kappa shape index (κ2) is 8.02. The van der Waals surface area contributed by atoms with Crippen molar-refractivity contribution < 1.29 is 4.79 Å². The molecule has 2 atom stereocenters. The number of carbonyl (C=O) groups is 1. The van der Waals surface area contributed by atoms with E-state index < -0.39 is 0 Å². The largest absolute Gasteiger partial charge is 0.341 e. The van der Waals surface area contributed by atoms with Crippen molar-refractivity contribution in [3.8, 4) is 5.69 Å². The zero-order chi connectivity index (χ0) is 16.4. The Balaban J connectivity index is 0.00000182. The van der Waals surface area contributed by atoms with Gasteiger partial charge in [0.05, 0.1) is 11.9 Å². The average molecular weight is 361 g/mol. The van der Waals surface area contributed by atoms with Gasteiger partial charge in [-0.1, -0.05) is 18.2 Å². The first-order valence-corrected chi connectivity index (χ1v) is 8.91. The third-order valence-electron chi connectivity index (χ3n) is 5.16. The number of para-hydroxylation sites is 1. The fraction of sp³-hybridized carbons (Fsp3) is 0.474. The van der Waals surface area contributed by atoms with Gasteiger partial charge in [-0.15, -0.1) is 12.4 Å². The molecule has 2 aliphatic heterocycles. The van der Waals surface area contributed by atoms with E-state index in [1.807, 2.05) is 47.4 Å². The predicted molar refractivity (Wildman–Crippen MR) is 100 cm³/mol. The first kappa shape index (κ1) is 18.0. The van der Waals surface area contributed by atoms with Crippen molar-refractivity contribution in [2.24, 2.45) is 0 Å². The summed E-state index contributed by atoms with van der Waals surface area (Å²) in [5.74, 6) is 0.275. The summed E-state index contributed by atoms with van der Waals surface area (Å²) in [6.07, 6.45) is 8.78. The normalized spacial score (nSPS) is 22.3. The Labute approximate surface area is 154 Å². The van der Waals surface area contributed by atoms with Crippen LogP contribution in [-0.2, 0) is 11.2 Å². The van der Waals surface area contributed by atoms with Crippen molar-refractivity contribution in [1.82, 2.24) is 20.0 Å². The minimum absolute atomic E-state index is 0. The van der Waals surface area contributed by atoms with E-state index in [0.717, 1.165) is 37.2 Å². The molecule has 0 saturated carbocycles. The first-order chi connectivity index (χ1) is 11.8. The molecule has 1 aromatic carbocycles. The molecular weight excluding hydrogens is 336 g/mol. The minimum Gasteiger partial charge on any atom is -0.341 e. The maximum atomic E-state index is 12.5. The van der Waals surface area contributed by atoms with Crippen LogP contribution < -0.4 is 5.32 Å². The lowest BCUT2D eigenvalue weighted by Crippen LogP contribution is -2.39. The van der Waals surface area contributed by atoms with Crippen LogP contribution in [0.15, 0.2) is 42.7 Å². The van der Waals surface area contributed by atoms with Crippen molar-refractivity contribution in [2.75, 3.05) is 13.1 Å². The van der Waals surface area contributed by atoms with Crippen LogP contribution in [-0.4, -0.2) is 45.8 Å². The van der Waals surface area contributed by atoms with E-state index in [9.17, 15) is 4.79 Å². The summed E-state index contributed by atoms with van der Waals surface area (Å²) in [7, 11) is 0. The Bertz CT molecular complexity index is 702. The van der Waals surface area contributed by atoms with Crippen LogP contribution in [0.2, 0.25) is 0 Å². The molecular formula is C19H25ClN4O. The van der Waals surface area contributed by atoms with Gasteiger partial charge in [0.1, 0.15) is 0 Å². The maximum absolute atomic E-state index is 12.5. The van der Waals surface area contributed by atoms with Crippen LogP contribution in [0.5, 0.6) is 0 Å². The van der Waals surface area contributed by atoms with Crippen molar-refractivity contribution >= 4 is 18.3 Å². The molecule has 25 heavy (non-hydrogen) atoms. The Hall–Kier alpha value is -1.85. The van der Waals surface area contributed by atoms with E-state index in [1.54, 1.807) is 0 Å². The highest BCUT2D eigenvalue weighted by Gasteiger charge is 2.30. The van der Waals surface area contributed by atoms with E-state index in [1.165, 1.54) is 12.8 Å². The van der Waals surface area contributed by atoms with Crippen LogP contribution in [0.1, 0.15) is 31.2 Å². The van der Waals surface area contributed by atoms with Gasteiger partial charge in [-0.05, 0) is 43.4 Å². The van der Waals surface area contributed by atoms with E-state index >= 15 is 0 Å². The molecule has 0 radical (unpaired) electrons. The predicted octanol–water partition coefficient (Wildman–Crippen LogP) is 2.58. The number of hydrogen-bond donors (Lipinski definition) is 1. The quantitative estimate of drug-likeness (QED) is 0.911. The highest BCUT2D eigenvalue weighted by atomic mass is 35.5. The molecule has 134 valence electrons. The number of benzene rings is 1. The number of carbonyl (C=O) groups excluding carboxylic acids is 1. The second-order valence-corrected chi connectivity index (χ2v) is 6.89. The molecule has 4 rings (SSSR count). The number of fused-ring (bicyclic) bond motifs is 2. The first-order valence-electron chi connectivity index (χ1n) is 8.91. The van der Waals surface area contributed by atoms with Gasteiger partial charge in [0.2, 0.25) is 5.91 Å². The third-order valence-corrected chi connectivity index (χ3v) is 5.16. The van der Waals surface area contributed by atoms with Gasteiger partial charge in [0.15, 0.2) is 0 Å². The van der Waals surface area contributed by atoms with Crippen molar-refractivity contribution in [1.29, 1.82) is 0 Å². The number of nitrogens with one attached hydrogen (secondary N) is 1. The number of aromatic nitrogens is 2. The average Bonchev–Trinajstić information content (AvgIpc) is 3.20. The molecule has 2 fully saturated rings. The van der Waals surface area contributed by atoms with E-state index in [0.29, 0.717) is 18.5 Å². The molecule has 2 saturated heterocycles. The fourth-order valence-corrected chi connectivity index (χ4v) is 3.79. The van der Waals surface area contributed by atoms with Crippen molar-refractivity contribution in [3.05, 3.63) is 48.3 Å². The molecule has 2 aromatic rings. The molecule has 1 amide bonds. The zero-order valence-electron chi connectivity index (χ0n) is 14.3. The van der Waals surface area contributed by atoms with Gasteiger partial charge in [-0.2, -0.15) is 5.10 Å². The molecule has 3 heterocycles. The van der Waals surface area contributed by atoms with Crippen molar-refractivity contribution in [2.45, 2.75) is 44.2 Å². The summed E-state index contributed by atoms with van der Waals surface area (Å²) >= 11 is 0. The van der Waals surface area contributed by atoms with E-state index in [2.05, 4.69) is 15.3 Å². The highest BCUT2D eigenvalue weighted by Crippen LogP contribution is 2.21. The lowest BCUT2D eigenvalue weighted by molar-refractivity contribution is -0.131. The van der Waals surface area contributed by atoms with Gasteiger partial charge in [-0.25, -0.2) is 4.68 Å². The smallest absolute Gasteiger partial charge is 0.222 e. The highest BCUT2D eigenvalue weighted by molar-refractivity contribution is 5.85. The standard InChI is InChI=1S/C19H24N4O.ClH/c24-19(22-11-10-16-7-8-17(14-22)21-16)9-6-15-12-20-23(13-15)18-4-2-1-3-5-18;/h1-5,12-13,16-17,21H,6-11,14H2;1H. The molecule has 2 bridgehead atoms. The summed E-state index contributed by atoms with van der Waals surface area (Å²) in [5.41, 5.74) is 2.16. The molecule has 6 heteroatoms. The van der Waals surface area contributed by atoms with Gasteiger partial charge in [-0.3, -0.25) is 4.79 Å². The molecule has 2 aliphatic rings. The summed E-state index contributed by atoms with van der Waals surface area (Å²) in [4.78, 5) is 14.6. The van der Waals surface area contributed by atoms with Crippen LogP contribution in [0.3, 0.4) is 0 Å².